The maximum Gasteiger partial charge on any atom is 0.264 e. The van der Waals surface area contributed by atoms with Crippen molar-refractivity contribution in [3.8, 4) is 22.8 Å². The fourth-order valence-corrected chi connectivity index (χ4v) is 1.87. The topological polar surface area (TPSA) is 44.5 Å². The minimum atomic E-state index is 0.470. The molecule has 0 radical (unpaired) electrons. The van der Waals surface area contributed by atoms with Crippen molar-refractivity contribution in [2.45, 2.75) is 0 Å². The van der Waals surface area contributed by atoms with Gasteiger partial charge in [0.15, 0.2) is 11.5 Å². The summed E-state index contributed by atoms with van der Waals surface area (Å²) in [7, 11) is 0. The van der Waals surface area contributed by atoms with Crippen LogP contribution in [0.15, 0.2) is 33.7 Å². The van der Waals surface area contributed by atoms with E-state index < -0.39 is 0 Å². The molecule has 1 aromatic carbocycles. The third-order valence-corrected chi connectivity index (χ3v) is 2.68. The Balaban J connectivity index is 2.02. The molecule has 0 unspecified atom stereocenters. The van der Waals surface area contributed by atoms with Gasteiger partial charge in [-0.3, -0.25) is 0 Å². The zero-order valence-electron chi connectivity index (χ0n) is 8.27. The molecule has 3 rings (SSSR count). The van der Waals surface area contributed by atoms with E-state index in [1.807, 2.05) is 18.2 Å². The quantitative estimate of drug-likeness (QED) is 0.806. The van der Waals surface area contributed by atoms with E-state index in [-0.39, 0.29) is 0 Å². The molecule has 0 saturated carbocycles. The fourth-order valence-electron chi connectivity index (χ4n) is 1.59. The molecule has 2 heterocycles. The number of nitrogens with zero attached hydrogens (tertiary/aromatic N) is 1. The van der Waals surface area contributed by atoms with Gasteiger partial charge in [0.25, 0.3) is 4.80 Å². The van der Waals surface area contributed by atoms with Gasteiger partial charge in [0.2, 0.25) is 0 Å². The number of oxazole rings is 1. The van der Waals surface area contributed by atoms with Crippen LogP contribution in [0.5, 0.6) is 11.5 Å². The van der Waals surface area contributed by atoms with E-state index >= 15 is 0 Å². The van der Waals surface area contributed by atoms with Crippen molar-refractivity contribution >= 4 is 15.9 Å². The second kappa shape index (κ2) is 3.83. The Bertz CT molecular complexity index is 524. The lowest BCUT2D eigenvalue weighted by Crippen LogP contribution is -2.15. The van der Waals surface area contributed by atoms with Crippen molar-refractivity contribution in [3.05, 3.63) is 29.3 Å². The van der Waals surface area contributed by atoms with E-state index in [0.717, 1.165) is 22.8 Å². The predicted molar refractivity (Wildman–Crippen MR) is 60.6 cm³/mol. The van der Waals surface area contributed by atoms with Crippen molar-refractivity contribution in [2.75, 3.05) is 13.2 Å². The van der Waals surface area contributed by atoms with Crippen LogP contribution >= 0.6 is 15.9 Å². The average molecular weight is 282 g/mol. The summed E-state index contributed by atoms with van der Waals surface area (Å²) in [6.07, 6.45) is 1.59. The lowest BCUT2D eigenvalue weighted by atomic mass is 10.1. The van der Waals surface area contributed by atoms with Crippen LogP contribution in [0.25, 0.3) is 11.3 Å². The standard InChI is InChI=1S/C11H8BrNO3/c12-11-13-8(6-16-11)7-1-2-9-10(5-7)15-4-3-14-9/h1-2,5-6H,3-4H2. The van der Waals surface area contributed by atoms with E-state index in [9.17, 15) is 0 Å². The molecule has 0 aliphatic carbocycles. The minimum Gasteiger partial charge on any atom is -0.486 e. The number of ether oxygens (including phenoxy) is 2. The van der Waals surface area contributed by atoms with E-state index in [0.29, 0.717) is 18.0 Å². The first kappa shape index (κ1) is 9.72. The van der Waals surface area contributed by atoms with Gasteiger partial charge in [0, 0.05) is 21.5 Å². The smallest absolute Gasteiger partial charge is 0.264 e. The van der Waals surface area contributed by atoms with Crippen LogP contribution in [0.4, 0.5) is 0 Å². The normalized spacial score (nSPS) is 13.8. The monoisotopic (exact) mass is 281 g/mol. The molecule has 0 saturated heterocycles. The highest BCUT2D eigenvalue weighted by Gasteiger charge is 2.13. The summed E-state index contributed by atoms with van der Waals surface area (Å²) in [5, 5.41) is 0. The molecule has 0 amide bonds. The molecule has 1 aliphatic heterocycles. The van der Waals surface area contributed by atoms with Gasteiger partial charge in [0.05, 0.1) is 0 Å². The summed E-state index contributed by atoms with van der Waals surface area (Å²) in [5.41, 5.74) is 1.71. The Kier molecular flexibility index (Phi) is 2.32. The molecule has 1 aliphatic rings. The van der Waals surface area contributed by atoms with Gasteiger partial charge in [-0.05, 0) is 18.2 Å². The molecule has 5 heteroatoms. The first-order valence-electron chi connectivity index (χ1n) is 4.84. The predicted octanol–water partition coefficient (Wildman–Crippen LogP) is 2.88. The molecule has 0 atom stereocenters. The lowest BCUT2D eigenvalue weighted by molar-refractivity contribution is 0.171. The summed E-state index contributed by atoms with van der Waals surface area (Å²) in [6.45, 7) is 1.18. The Morgan fingerprint density at radius 1 is 1.12 bits per heavy atom. The van der Waals surface area contributed by atoms with Crippen LogP contribution in [-0.2, 0) is 0 Å². The Morgan fingerprint density at radius 3 is 2.69 bits per heavy atom. The van der Waals surface area contributed by atoms with Crippen molar-refractivity contribution in [1.82, 2.24) is 4.98 Å². The zero-order valence-corrected chi connectivity index (χ0v) is 9.86. The van der Waals surface area contributed by atoms with Crippen LogP contribution in [-0.4, -0.2) is 18.2 Å². The second-order valence-corrected chi connectivity index (χ2v) is 4.02. The summed E-state index contributed by atoms with van der Waals surface area (Å²) in [6, 6.07) is 5.71. The molecule has 0 fully saturated rings. The van der Waals surface area contributed by atoms with Crippen LogP contribution in [0.1, 0.15) is 0 Å². The second-order valence-electron chi connectivity index (χ2n) is 3.34. The van der Waals surface area contributed by atoms with Crippen LogP contribution in [0.2, 0.25) is 0 Å². The Hall–Kier alpha value is -1.49. The Morgan fingerprint density at radius 2 is 1.94 bits per heavy atom. The molecule has 0 bridgehead atoms. The van der Waals surface area contributed by atoms with E-state index in [1.165, 1.54) is 0 Å². The van der Waals surface area contributed by atoms with Gasteiger partial charge in [-0.2, -0.15) is 0 Å². The van der Waals surface area contributed by atoms with E-state index in [2.05, 4.69) is 20.9 Å². The van der Waals surface area contributed by atoms with Gasteiger partial charge >= 0.3 is 0 Å². The highest BCUT2D eigenvalue weighted by molar-refractivity contribution is 9.10. The lowest BCUT2D eigenvalue weighted by Gasteiger charge is -2.18. The molecule has 16 heavy (non-hydrogen) atoms. The van der Waals surface area contributed by atoms with Gasteiger partial charge in [-0.1, -0.05) is 0 Å². The van der Waals surface area contributed by atoms with E-state index in [4.69, 9.17) is 13.9 Å². The number of fused-ring (bicyclic) bond motifs is 1. The molecule has 1 aromatic heterocycles. The van der Waals surface area contributed by atoms with Crippen molar-refractivity contribution < 1.29 is 13.9 Å². The first-order chi connectivity index (χ1) is 7.83. The molecule has 0 N–H and O–H groups in total. The maximum absolute atomic E-state index is 5.50. The average Bonchev–Trinajstić information content (AvgIpc) is 2.75. The van der Waals surface area contributed by atoms with Crippen molar-refractivity contribution in [3.63, 3.8) is 0 Å². The highest BCUT2D eigenvalue weighted by atomic mass is 79.9. The van der Waals surface area contributed by atoms with Gasteiger partial charge in [-0.15, -0.1) is 0 Å². The van der Waals surface area contributed by atoms with Gasteiger partial charge < -0.3 is 13.9 Å². The summed E-state index contributed by atoms with van der Waals surface area (Å²) in [4.78, 5) is 4.65. The maximum atomic E-state index is 5.50. The molecule has 4 nitrogen and oxygen atoms in total. The number of halogens is 1. The summed E-state index contributed by atoms with van der Waals surface area (Å²) in [5.74, 6) is 1.53. The highest BCUT2D eigenvalue weighted by Crippen LogP contribution is 2.34. The SMILES string of the molecule is Brc1nc(-c2ccc3c(c2)OCCO3)co1. The summed E-state index contributed by atoms with van der Waals surface area (Å²) >= 11 is 3.17. The van der Waals surface area contributed by atoms with Gasteiger partial charge in [0.1, 0.15) is 25.2 Å². The number of hydrogen-bond donors (Lipinski definition) is 0. The minimum absolute atomic E-state index is 0.470. The van der Waals surface area contributed by atoms with Crippen molar-refractivity contribution in [1.29, 1.82) is 0 Å². The Labute approximate surface area is 100 Å². The van der Waals surface area contributed by atoms with Crippen LogP contribution in [0.3, 0.4) is 0 Å². The number of hydrogen-bond acceptors (Lipinski definition) is 4. The molecule has 0 spiro atoms. The van der Waals surface area contributed by atoms with Crippen LogP contribution in [0, 0.1) is 0 Å². The van der Waals surface area contributed by atoms with Gasteiger partial charge in [-0.25, -0.2) is 4.98 Å². The number of rotatable bonds is 1. The third kappa shape index (κ3) is 1.67. The van der Waals surface area contributed by atoms with E-state index in [1.54, 1.807) is 6.26 Å². The van der Waals surface area contributed by atoms with Crippen LogP contribution < -0.4 is 9.47 Å². The largest absolute Gasteiger partial charge is 0.486 e. The molecular formula is C11H8BrNO3. The fraction of sp³-hybridized carbons (Fsp3) is 0.182. The molecular weight excluding hydrogens is 274 g/mol. The van der Waals surface area contributed by atoms with Crippen molar-refractivity contribution in [2.24, 2.45) is 0 Å². The zero-order chi connectivity index (χ0) is 11.0. The number of aromatic nitrogens is 1. The number of benzene rings is 1. The summed E-state index contributed by atoms with van der Waals surface area (Å²) < 4.78 is 16.0. The third-order valence-electron chi connectivity index (χ3n) is 2.31. The molecule has 2 aromatic rings. The molecule has 82 valence electrons. The first-order valence-corrected chi connectivity index (χ1v) is 5.63.